The predicted molar refractivity (Wildman–Crippen MR) is 71.7 cm³/mol. The number of methoxy groups -OCH3 is 1. The van der Waals surface area contributed by atoms with Crippen molar-refractivity contribution in [3.63, 3.8) is 0 Å². The van der Waals surface area contributed by atoms with E-state index >= 15 is 0 Å². The highest BCUT2D eigenvalue weighted by molar-refractivity contribution is 6.34. The number of nitrogens with zero attached hydrogens (tertiary/aromatic N) is 1. The summed E-state index contributed by atoms with van der Waals surface area (Å²) >= 11 is 12.0. The third-order valence-corrected chi connectivity index (χ3v) is 3.30. The second kappa shape index (κ2) is 7.17. The Morgan fingerprint density at radius 2 is 2.18 bits per heavy atom. The summed E-state index contributed by atoms with van der Waals surface area (Å²) < 4.78 is 5.09. The van der Waals surface area contributed by atoms with Crippen LogP contribution in [0.25, 0.3) is 0 Å². The van der Waals surface area contributed by atoms with Crippen molar-refractivity contribution in [3.8, 4) is 0 Å². The second-order valence-electron chi connectivity index (χ2n) is 4.05. The maximum absolute atomic E-state index is 6.16. The van der Waals surface area contributed by atoms with Gasteiger partial charge in [0.05, 0.1) is 21.8 Å². The van der Waals surface area contributed by atoms with Crippen LogP contribution in [0.2, 0.25) is 10.0 Å². The van der Waals surface area contributed by atoms with Gasteiger partial charge in [0.2, 0.25) is 0 Å². The fraction of sp³-hybridized carbons (Fsp3) is 0.583. The van der Waals surface area contributed by atoms with Crippen LogP contribution in [0.1, 0.15) is 25.1 Å². The molecule has 0 radical (unpaired) electrons. The van der Waals surface area contributed by atoms with Crippen molar-refractivity contribution in [2.24, 2.45) is 5.92 Å². The van der Waals surface area contributed by atoms with Gasteiger partial charge in [-0.15, -0.1) is 0 Å². The molecule has 0 spiro atoms. The van der Waals surface area contributed by atoms with Gasteiger partial charge in [-0.25, -0.2) is 0 Å². The standard InChI is InChI=1S/C12H18Cl2N2O/c1-8(4-5-17-3)11(15-2)12-10(14)6-9(13)7-16-12/h6-8,11,15H,4-5H2,1-3H3. The lowest BCUT2D eigenvalue weighted by Gasteiger charge is -2.23. The summed E-state index contributed by atoms with van der Waals surface area (Å²) in [6, 6.07) is 1.83. The molecule has 0 aliphatic carbocycles. The number of hydrogen-bond acceptors (Lipinski definition) is 3. The van der Waals surface area contributed by atoms with E-state index in [1.54, 1.807) is 19.4 Å². The lowest BCUT2D eigenvalue weighted by atomic mass is 9.95. The minimum atomic E-state index is 0.106. The van der Waals surface area contributed by atoms with Gasteiger partial charge in [-0.3, -0.25) is 4.98 Å². The van der Waals surface area contributed by atoms with Gasteiger partial charge < -0.3 is 10.1 Å². The molecule has 3 nitrogen and oxygen atoms in total. The Hall–Kier alpha value is -0.350. The van der Waals surface area contributed by atoms with Crippen molar-refractivity contribution in [2.75, 3.05) is 20.8 Å². The molecular weight excluding hydrogens is 259 g/mol. The number of hydrogen-bond donors (Lipinski definition) is 1. The Labute approximate surface area is 112 Å². The van der Waals surface area contributed by atoms with Crippen LogP contribution in [-0.4, -0.2) is 25.7 Å². The van der Waals surface area contributed by atoms with E-state index in [2.05, 4.69) is 17.2 Å². The van der Waals surface area contributed by atoms with E-state index in [9.17, 15) is 0 Å². The normalized spacial score (nSPS) is 14.6. The van der Waals surface area contributed by atoms with E-state index in [-0.39, 0.29) is 6.04 Å². The zero-order valence-electron chi connectivity index (χ0n) is 10.3. The third kappa shape index (κ3) is 4.11. The summed E-state index contributed by atoms with van der Waals surface area (Å²) in [6.45, 7) is 2.87. The lowest BCUT2D eigenvalue weighted by Crippen LogP contribution is -2.25. The van der Waals surface area contributed by atoms with Gasteiger partial charge in [0, 0.05) is 19.9 Å². The van der Waals surface area contributed by atoms with E-state index in [4.69, 9.17) is 27.9 Å². The van der Waals surface area contributed by atoms with Crippen LogP contribution in [-0.2, 0) is 4.74 Å². The Balaban J connectivity index is 2.85. The van der Waals surface area contributed by atoms with Crippen molar-refractivity contribution in [1.29, 1.82) is 0 Å². The molecule has 5 heteroatoms. The molecule has 0 amide bonds. The molecule has 1 aromatic heterocycles. The van der Waals surface area contributed by atoms with Crippen LogP contribution in [0.3, 0.4) is 0 Å². The molecule has 1 N–H and O–H groups in total. The van der Waals surface area contributed by atoms with E-state index < -0.39 is 0 Å². The first-order valence-corrected chi connectivity index (χ1v) is 6.32. The first-order valence-electron chi connectivity index (χ1n) is 5.57. The molecule has 0 saturated heterocycles. The van der Waals surface area contributed by atoms with Gasteiger partial charge in [0.15, 0.2) is 0 Å². The second-order valence-corrected chi connectivity index (χ2v) is 4.89. The molecule has 0 aliphatic rings. The van der Waals surface area contributed by atoms with Gasteiger partial charge in [0.25, 0.3) is 0 Å². The summed E-state index contributed by atoms with van der Waals surface area (Å²) in [4.78, 5) is 4.31. The molecule has 0 fully saturated rings. The SMILES string of the molecule is CNC(c1ncc(Cl)cc1Cl)C(C)CCOC. The molecular formula is C12H18Cl2N2O. The largest absolute Gasteiger partial charge is 0.385 e. The van der Waals surface area contributed by atoms with Gasteiger partial charge in [-0.05, 0) is 25.5 Å². The predicted octanol–water partition coefficient (Wildman–Crippen LogP) is 3.32. The van der Waals surface area contributed by atoms with Crippen LogP contribution >= 0.6 is 23.2 Å². The summed E-state index contributed by atoms with van der Waals surface area (Å²) in [7, 11) is 3.61. The molecule has 1 aromatic rings. The van der Waals surface area contributed by atoms with Crippen molar-refractivity contribution >= 4 is 23.2 Å². The Morgan fingerprint density at radius 1 is 1.47 bits per heavy atom. The zero-order valence-corrected chi connectivity index (χ0v) is 11.8. The van der Waals surface area contributed by atoms with Crippen LogP contribution in [0.15, 0.2) is 12.3 Å². The molecule has 2 atom stereocenters. The number of nitrogens with one attached hydrogen (secondary N) is 1. The molecule has 0 aromatic carbocycles. The zero-order chi connectivity index (χ0) is 12.8. The number of halogens is 2. The molecule has 1 rings (SSSR count). The summed E-state index contributed by atoms with van der Waals surface area (Å²) in [6.07, 6.45) is 2.57. The van der Waals surface area contributed by atoms with Crippen LogP contribution < -0.4 is 5.32 Å². The van der Waals surface area contributed by atoms with Crippen molar-refractivity contribution in [1.82, 2.24) is 10.3 Å². The van der Waals surface area contributed by atoms with Gasteiger partial charge in [0.1, 0.15) is 0 Å². The topological polar surface area (TPSA) is 34.2 Å². The molecule has 0 bridgehead atoms. The maximum Gasteiger partial charge on any atom is 0.0762 e. The number of ether oxygens (including phenoxy) is 1. The third-order valence-electron chi connectivity index (χ3n) is 2.79. The van der Waals surface area contributed by atoms with E-state index in [0.29, 0.717) is 16.0 Å². The lowest BCUT2D eigenvalue weighted by molar-refractivity contribution is 0.171. The first-order chi connectivity index (χ1) is 8.10. The van der Waals surface area contributed by atoms with Gasteiger partial charge in [-0.1, -0.05) is 30.1 Å². The van der Waals surface area contributed by atoms with Crippen LogP contribution in [0.5, 0.6) is 0 Å². The molecule has 1 heterocycles. The summed E-state index contributed by atoms with van der Waals surface area (Å²) in [5.41, 5.74) is 0.835. The van der Waals surface area contributed by atoms with E-state index in [1.807, 2.05) is 7.05 Å². The van der Waals surface area contributed by atoms with E-state index in [0.717, 1.165) is 18.7 Å². The monoisotopic (exact) mass is 276 g/mol. The Morgan fingerprint density at radius 3 is 2.71 bits per heavy atom. The average molecular weight is 277 g/mol. The molecule has 17 heavy (non-hydrogen) atoms. The van der Waals surface area contributed by atoms with E-state index in [1.165, 1.54) is 0 Å². The average Bonchev–Trinajstić information content (AvgIpc) is 2.30. The van der Waals surface area contributed by atoms with Crippen molar-refractivity contribution < 1.29 is 4.74 Å². The molecule has 0 aliphatic heterocycles. The molecule has 2 unspecified atom stereocenters. The van der Waals surface area contributed by atoms with Crippen molar-refractivity contribution in [2.45, 2.75) is 19.4 Å². The molecule has 0 saturated carbocycles. The Bertz CT molecular complexity index is 360. The fourth-order valence-corrected chi connectivity index (χ4v) is 2.31. The smallest absolute Gasteiger partial charge is 0.0762 e. The summed E-state index contributed by atoms with van der Waals surface area (Å²) in [5, 5.41) is 4.39. The van der Waals surface area contributed by atoms with Crippen LogP contribution in [0.4, 0.5) is 0 Å². The van der Waals surface area contributed by atoms with Gasteiger partial charge >= 0.3 is 0 Å². The highest BCUT2D eigenvalue weighted by Gasteiger charge is 2.21. The Kier molecular flexibility index (Phi) is 6.20. The summed E-state index contributed by atoms with van der Waals surface area (Å²) in [5.74, 6) is 0.381. The highest BCUT2D eigenvalue weighted by Crippen LogP contribution is 2.29. The molecule has 96 valence electrons. The van der Waals surface area contributed by atoms with Crippen molar-refractivity contribution in [3.05, 3.63) is 28.0 Å². The number of rotatable bonds is 6. The number of aromatic nitrogens is 1. The van der Waals surface area contributed by atoms with Gasteiger partial charge in [-0.2, -0.15) is 0 Å². The quantitative estimate of drug-likeness (QED) is 0.866. The van der Waals surface area contributed by atoms with Crippen LogP contribution in [0, 0.1) is 5.92 Å². The number of pyridine rings is 1. The minimum Gasteiger partial charge on any atom is -0.385 e. The fourth-order valence-electron chi connectivity index (χ4n) is 1.82. The highest BCUT2D eigenvalue weighted by atomic mass is 35.5. The first kappa shape index (κ1) is 14.7. The maximum atomic E-state index is 6.16. The minimum absolute atomic E-state index is 0.106.